The van der Waals surface area contributed by atoms with Crippen LogP contribution in [0, 0.1) is 23.2 Å². The number of carbonyl (C=O) groups excluding carboxylic acids is 2. The Kier molecular flexibility index (Phi) is 5.42. The van der Waals surface area contributed by atoms with E-state index >= 15 is 0 Å². The number of hydrogen-bond acceptors (Lipinski definition) is 8. The molecule has 0 radical (unpaired) electrons. The van der Waals surface area contributed by atoms with Gasteiger partial charge in [-0.15, -0.1) is 0 Å². The van der Waals surface area contributed by atoms with Gasteiger partial charge >= 0.3 is 0 Å². The van der Waals surface area contributed by atoms with Gasteiger partial charge in [0.05, 0.1) is 52.3 Å². The number of hydrogen-bond donors (Lipinski definition) is 1. The Morgan fingerprint density at radius 1 is 1.12 bits per heavy atom. The molecule has 3 aromatic carbocycles. The first-order chi connectivity index (χ1) is 19.3. The predicted octanol–water partition coefficient (Wildman–Crippen LogP) is 4.18. The van der Waals surface area contributed by atoms with Gasteiger partial charge in [0.25, 0.3) is 0 Å². The van der Waals surface area contributed by atoms with Crippen LogP contribution in [0.25, 0.3) is 21.7 Å². The molecule has 5 atom stereocenters. The summed E-state index contributed by atoms with van der Waals surface area (Å²) in [7, 11) is 0. The molecule has 1 aromatic heterocycles. The smallest absolute Gasteiger partial charge is 0.240 e. The van der Waals surface area contributed by atoms with E-state index in [0.29, 0.717) is 27.2 Å². The number of carbonyl (C=O) groups is 2. The number of aliphatic hydroxyl groups is 1. The minimum Gasteiger partial charge on any atom is -0.477 e. The van der Waals surface area contributed by atoms with Crippen molar-refractivity contribution in [3.63, 3.8) is 0 Å². The van der Waals surface area contributed by atoms with Crippen molar-refractivity contribution in [1.29, 1.82) is 5.26 Å². The Labute approximate surface area is 233 Å². The van der Waals surface area contributed by atoms with Gasteiger partial charge in [-0.25, -0.2) is 14.9 Å². The minimum atomic E-state index is -1.24. The molecule has 0 saturated carbocycles. The predicted molar refractivity (Wildman–Crippen MR) is 146 cm³/mol. The van der Waals surface area contributed by atoms with E-state index in [1.165, 1.54) is 6.33 Å². The largest absolute Gasteiger partial charge is 0.477 e. The molecular formula is C30H23ClN4O5. The second kappa shape index (κ2) is 8.70. The molecule has 4 aromatic rings. The van der Waals surface area contributed by atoms with E-state index in [9.17, 15) is 20.0 Å². The Balaban J connectivity index is 1.22. The zero-order chi connectivity index (χ0) is 27.8. The molecule has 0 spiro atoms. The van der Waals surface area contributed by atoms with Crippen LogP contribution in [-0.2, 0) is 14.3 Å². The average Bonchev–Trinajstić information content (AvgIpc) is 3.48. The van der Waals surface area contributed by atoms with Crippen LogP contribution in [0.15, 0.2) is 60.9 Å². The maximum atomic E-state index is 14.0. The Bertz CT molecular complexity index is 1790. The van der Waals surface area contributed by atoms with Crippen LogP contribution in [0.2, 0.25) is 5.02 Å². The molecule has 7 rings (SSSR count). The van der Waals surface area contributed by atoms with Crippen LogP contribution in [0.5, 0.6) is 5.88 Å². The summed E-state index contributed by atoms with van der Waals surface area (Å²) in [6, 6.07) is 18.2. The van der Waals surface area contributed by atoms with Crippen molar-refractivity contribution in [1.82, 2.24) is 9.97 Å². The summed E-state index contributed by atoms with van der Waals surface area (Å²) in [6.45, 7) is 1.81. The number of halogens is 1. The fourth-order valence-electron chi connectivity index (χ4n) is 6.87. The zero-order valence-electron chi connectivity index (χ0n) is 21.4. The second-order valence-corrected chi connectivity index (χ2v) is 11.2. The van der Waals surface area contributed by atoms with E-state index in [-0.39, 0.29) is 30.7 Å². The van der Waals surface area contributed by atoms with Gasteiger partial charge in [-0.05, 0) is 36.6 Å². The van der Waals surface area contributed by atoms with E-state index in [2.05, 4.69) is 16.0 Å². The lowest BCUT2D eigenvalue weighted by Crippen LogP contribution is -2.49. The van der Waals surface area contributed by atoms with Crippen LogP contribution in [0.1, 0.15) is 25.3 Å². The van der Waals surface area contributed by atoms with Crippen LogP contribution in [0.4, 0.5) is 5.69 Å². The van der Waals surface area contributed by atoms with Gasteiger partial charge in [-0.2, -0.15) is 5.26 Å². The highest BCUT2D eigenvalue weighted by molar-refractivity contribution is 6.31. The van der Waals surface area contributed by atoms with Gasteiger partial charge in [0.2, 0.25) is 17.7 Å². The topological polar surface area (TPSA) is 126 Å². The number of fused-ring (bicyclic) bond motifs is 7. The second-order valence-electron chi connectivity index (χ2n) is 10.8. The third kappa shape index (κ3) is 3.33. The third-order valence-corrected chi connectivity index (χ3v) is 8.94. The summed E-state index contributed by atoms with van der Waals surface area (Å²) < 4.78 is 12.4. The Hall–Kier alpha value is -4.10. The molecule has 9 nitrogen and oxygen atoms in total. The van der Waals surface area contributed by atoms with Gasteiger partial charge in [-0.3, -0.25) is 9.59 Å². The lowest BCUT2D eigenvalue weighted by Gasteiger charge is -2.33. The van der Waals surface area contributed by atoms with E-state index in [1.807, 2.05) is 18.2 Å². The molecule has 200 valence electrons. The van der Waals surface area contributed by atoms with Crippen molar-refractivity contribution in [2.75, 3.05) is 11.5 Å². The maximum absolute atomic E-state index is 14.0. The molecule has 4 heterocycles. The number of aromatic nitrogens is 2. The number of amides is 2. The van der Waals surface area contributed by atoms with Gasteiger partial charge < -0.3 is 14.6 Å². The molecule has 3 saturated heterocycles. The SMILES string of the molecule is CC12OC(CCOc3ncnc4cc(Cl)ccc34)(CC1O)C1C(=O)N(c3ccc4ccccc4c3C#N)C(=O)C12. The molecule has 1 N–H and O–H groups in total. The first kappa shape index (κ1) is 24.9. The molecule has 40 heavy (non-hydrogen) atoms. The fourth-order valence-corrected chi connectivity index (χ4v) is 7.03. The molecule has 3 fully saturated rings. The molecule has 0 aliphatic carbocycles. The number of nitriles is 1. The number of benzene rings is 3. The van der Waals surface area contributed by atoms with Crippen molar-refractivity contribution < 1.29 is 24.2 Å². The molecule has 2 bridgehead atoms. The van der Waals surface area contributed by atoms with Crippen LogP contribution in [-0.4, -0.2) is 50.8 Å². The molecule has 2 amide bonds. The minimum absolute atomic E-state index is 0.127. The fraction of sp³-hybridized carbons (Fsp3) is 0.300. The van der Waals surface area contributed by atoms with Crippen molar-refractivity contribution in [3.05, 3.63) is 71.5 Å². The summed E-state index contributed by atoms with van der Waals surface area (Å²) in [5, 5.41) is 23.8. The van der Waals surface area contributed by atoms with E-state index in [0.717, 1.165) is 10.3 Å². The molecule has 5 unspecified atom stereocenters. The summed E-state index contributed by atoms with van der Waals surface area (Å²) in [5.74, 6) is -2.25. The number of aliphatic hydroxyl groups excluding tert-OH is 1. The van der Waals surface area contributed by atoms with Crippen molar-refractivity contribution in [2.45, 2.75) is 37.1 Å². The van der Waals surface area contributed by atoms with E-state index in [4.69, 9.17) is 21.1 Å². The third-order valence-electron chi connectivity index (χ3n) is 8.70. The molecule has 3 aliphatic heterocycles. The highest BCUT2D eigenvalue weighted by Gasteiger charge is 2.77. The van der Waals surface area contributed by atoms with Crippen LogP contribution in [0.3, 0.4) is 0 Å². The van der Waals surface area contributed by atoms with Gasteiger partial charge in [-0.1, -0.05) is 41.9 Å². The number of nitrogens with zero attached hydrogens (tertiary/aromatic N) is 4. The van der Waals surface area contributed by atoms with Gasteiger partial charge in [0, 0.05) is 23.3 Å². The monoisotopic (exact) mass is 554 g/mol. The summed E-state index contributed by atoms with van der Waals surface area (Å²) in [4.78, 5) is 37.5. The first-order valence-corrected chi connectivity index (χ1v) is 13.4. The lowest BCUT2D eigenvalue weighted by atomic mass is 9.66. The molecular weight excluding hydrogens is 532 g/mol. The first-order valence-electron chi connectivity index (χ1n) is 13.0. The van der Waals surface area contributed by atoms with Crippen molar-refractivity contribution >= 4 is 50.8 Å². The molecule has 10 heteroatoms. The van der Waals surface area contributed by atoms with E-state index < -0.39 is 41.0 Å². The summed E-state index contributed by atoms with van der Waals surface area (Å²) in [5.41, 5.74) is -1.22. The average molecular weight is 555 g/mol. The Morgan fingerprint density at radius 2 is 1.93 bits per heavy atom. The van der Waals surface area contributed by atoms with Crippen LogP contribution < -0.4 is 9.64 Å². The van der Waals surface area contributed by atoms with Crippen molar-refractivity contribution in [2.24, 2.45) is 11.8 Å². The maximum Gasteiger partial charge on any atom is 0.240 e. The lowest BCUT2D eigenvalue weighted by molar-refractivity contribution is -0.134. The van der Waals surface area contributed by atoms with Gasteiger partial charge in [0.1, 0.15) is 18.0 Å². The quantitative estimate of drug-likeness (QED) is 0.364. The van der Waals surface area contributed by atoms with Crippen molar-refractivity contribution in [3.8, 4) is 11.9 Å². The normalized spacial score (nSPS) is 28.9. The van der Waals surface area contributed by atoms with E-state index in [1.54, 1.807) is 43.3 Å². The zero-order valence-corrected chi connectivity index (χ0v) is 22.1. The number of imide groups is 1. The summed E-state index contributed by atoms with van der Waals surface area (Å²) in [6.07, 6.45) is 0.872. The standard InChI is InChI=1S/C30H23ClN4O5/c1-29-23(36)13-30(40-29,10-11-39-26-19-8-7-17(31)12-21(19)33-15-34-26)25-24(29)27(37)35(28(25)38)22-9-6-16-4-2-3-5-18(16)20(22)14-32/h2-9,12,15,23-25,36H,10-11,13H2,1H3. The number of ether oxygens (including phenoxy) is 2. The molecule has 3 aliphatic rings. The summed E-state index contributed by atoms with van der Waals surface area (Å²) >= 11 is 6.09. The van der Waals surface area contributed by atoms with Gasteiger partial charge in [0.15, 0.2) is 0 Å². The number of rotatable bonds is 5. The Morgan fingerprint density at radius 3 is 2.75 bits per heavy atom. The number of anilines is 1. The highest BCUT2D eigenvalue weighted by atomic mass is 35.5. The van der Waals surface area contributed by atoms with Crippen LogP contribution >= 0.6 is 11.6 Å². The highest BCUT2D eigenvalue weighted by Crippen LogP contribution is 2.62.